The quantitative estimate of drug-likeness (QED) is 0.578. The van der Waals surface area contributed by atoms with Crippen LogP contribution in [-0.4, -0.2) is 27.7 Å². The predicted molar refractivity (Wildman–Crippen MR) is 112 cm³/mol. The van der Waals surface area contributed by atoms with E-state index in [2.05, 4.69) is 24.3 Å². The molecule has 150 valence electrons. The molecule has 0 radical (unpaired) electrons. The Bertz CT molecular complexity index is 1120. The van der Waals surface area contributed by atoms with E-state index in [0.29, 0.717) is 18.9 Å². The van der Waals surface area contributed by atoms with Crippen molar-refractivity contribution in [3.8, 4) is 0 Å². The molecule has 5 rings (SSSR count). The van der Waals surface area contributed by atoms with Gasteiger partial charge < -0.3 is 4.90 Å². The van der Waals surface area contributed by atoms with Crippen molar-refractivity contribution in [2.75, 3.05) is 17.3 Å². The number of fused-ring (bicyclic) bond motifs is 3. The van der Waals surface area contributed by atoms with Gasteiger partial charge in [0.2, 0.25) is 5.91 Å². The summed E-state index contributed by atoms with van der Waals surface area (Å²) in [6.45, 7) is 4.94. The maximum Gasteiger partial charge on any atom is 0.241 e. The first-order valence-electron chi connectivity index (χ1n) is 10.0. The summed E-state index contributed by atoms with van der Waals surface area (Å²) in [5, 5.41) is 0. The molecular weight excluding hydrogens is 389 g/mol. The van der Waals surface area contributed by atoms with Crippen LogP contribution >= 0.6 is 11.6 Å². The number of imidazole rings is 1. The Morgan fingerprint density at radius 1 is 1.28 bits per heavy atom. The minimum absolute atomic E-state index is 0.0414. The van der Waals surface area contributed by atoms with Crippen molar-refractivity contribution in [3.63, 3.8) is 0 Å². The van der Waals surface area contributed by atoms with Crippen LogP contribution in [0.1, 0.15) is 55.3 Å². The van der Waals surface area contributed by atoms with Crippen molar-refractivity contribution in [3.05, 3.63) is 65.0 Å². The Morgan fingerprint density at radius 2 is 2.00 bits per heavy atom. The fraction of sp³-hybridized carbons (Fsp3) is 0.391. The van der Waals surface area contributed by atoms with Gasteiger partial charge >= 0.3 is 0 Å². The molecule has 0 unspecified atom stereocenters. The topological polar surface area (TPSA) is 37.6 Å². The molecule has 2 aromatic heterocycles. The number of pyridine rings is 1. The van der Waals surface area contributed by atoms with E-state index >= 15 is 0 Å². The highest BCUT2D eigenvalue weighted by molar-refractivity contribution is 6.29. The van der Waals surface area contributed by atoms with Crippen LogP contribution < -0.4 is 4.90 Å². The summed E-state index contributed by atoms with van der Waals surface area (Å²) >= 11 is 5.92. The van der Waals surface area contributed by atoms with Crippen LogP contribution in [0.15, 0.2) is 36.5 Å². The fourth-order valence-electron chi connectivity index (χ4n) is 4.55. The summed E-state index contributed by atoms with van der Waals surface area (Å²) < 4.78 is 15.6. The molecule has 1 aliphatic heterocycles. The van der Waals surface area contributed by atoms with Crippen molar-refractivity contribution in [2.24, 2.45) is 0 Å². The minimum Gasteiger partial charge on any atom is -0.309 e. The highest BCUT2D eigenvalue weighted by atomic mass is 35.5. The number of alkyl halides is 1. The highest BCUT2D eigenvalue weighted by Crippen LogP contribution is 2.46. The molecule has 0 spiro atoms. The molecule has 1 aliphatic carbocycles. The maximum absolute atomic E-state index is 13.4. The number of anilines is 1. The molecule has 4 nitrogen and oxygen atoms in total. The maximum atomic E-state index is 13.4. The van der Waals surface area contributed by atoms with Crippen LogP contribution in [0, 0.1) is 5.82 Å². The molecule has 1 aromatic carbocycles. The standard InChI is InChI=1S/C23H23ClFN3O/c1-23(2)13-27(20(29)11-24)18-10-16(9-14-3-7-17(25)8-4-14)19-12-26-22(15-5-6-15)28(19)21(18)23/h3-4,7-8,10,12,15H,5-6,9,11,13H2,1-2H3. The summed E-state index contributed by atoms with van der Waals surface area (Å²) in [7, 11) is 0. The number of rotatable bonds is 4. The van der Waals surface area contributed by atoms with Crippen LogP contribution in [0.4, 0.5) is 10.1 Å². The Hall–Kier alpha value is -2.40. The van der Waals surface area contributed by atoms with Gasteiger partial charge in [0.1, 0.15) is 17.5 Å². The van der Waals surface area contributed by atoms with Gasteiger partial charge in [-0.25, -0.2) is 9.37 Å². The molecule has 1 amide bonds. The summed E-state index contributed by atoms with van der Waals surface area (Å²) in [6, 6.07) is 8.69. The zero-order valence-corrected chi connectivity index (χ0v) is 17.3. The third-order valence-electron chi connectivity index (χ3n) is 6.05. The molecule has 0 N–H and O–H groups in total. The molecule has 1 saturated carbocycles. The second-order valence-corrected chi connectivity index (χ2v) is 9.08. The van der Waals surface area contributed by atoms with E-state index in [-0.39, 0.29) is 23.0 Å². The van der Waals surface area contributed by atoms with Gasteiger partial charge in [0.15, 0.2) is 0 Å². The van der Waals surface area contributed by atoms with Gasteiger partial charge in [0, 0.05) is 17.9 Å². The van der Waals surface area contributed by atoms with E-state index in [9.17, 15) is 9.18 Å². The van der Waals surface area contributed by atoms with Crippen molar-refractivity contribution in [1.29, 1.82) is 0 Å². The summed E-state index contributed by atoms with van der Waals surface area (Å²) in [4.78, 5) is 19.2. The van der Waals surface area contributed by atoms with Crippen LogP contribution in [0.2, 0.25) is 0 Å². The summed E-state index contributed by atoms with van der Waals surface area (Å²) in [5.41, 5.74) is 5.03. The molecule has 2 aliphatic rings. The lowest BCUT2D eigenvalue weighted by Crippen LogP contribution is -2.34. The Morgan fingerprint density at radius 3 is 2.66 bits per heavy atom. The molecule has 0 bridgehead atoms. The first-order valence-corrected chi connectivity index (χ1v) is 10.6. The van der Waals surface area contributed by atoms with Crippen LogP contribution in [0.3, 0.4) is 0 Å². The molecule has 29 heavy (non-hydrogen) atoms. The van der Waals surface area contributed by atoms with Crippen LogP contribution in [-0.2, 0) is 16.6 Å². The first-order chi connectivity index (χ1) is 13.9. The normalized spacial score (nSPS) is 17.7. The SMILES string of the molecule is CC1(C)CN(C(=O)CCl)c2cc(Cc3ccc(F)cc3)c3cnc(C4CC4)n3c21. The average molecular weight is 412 g/mol. The number of carbonyl (C=O) groups is 1. The molecule has 6 heteroatoms. The van der Waals surface area contributed by atoms with Crippen LogP contribution in [0.25, 0.3) is 5.52 Å². The van der Waals surface area contributed by atoms with Gasteiger partial charge in [-0.05, 0) is 48.6 Å². The number of nitrogens with zero attached hydrogens (tertiary/aromatic N) is 3. The number of hydrogen-bond acceptors (Lipinski definition) is 2. The Labute approximate surface area is 174 Å². The third kappa shape index (κ3) is 3.03. The van der Waals surface area contributed by atoms with Crippen molar-refractivity contribution < 1.29 is 9.18 Å². The highest BCUT2D eigenvalue weighted by Gasteiger charge is 2.42. The van der Waals surface area contributed by atoms with Gasteiger partial charge in [0.25, 0.3) is 0 Å². The van der Waals surface area contributed by atoms with Crippen molar-refractivity contribution in [2.45, 2.75) is 44.4 Å². The lowest BCUT2D eigenvalue weighted by Gasteiger charge is -2.21. The largest absolute Gasteiger partial charge is 0.309 e. The van der Waals surface area contributed by atoms with Crippen molar-refractivity contribution >= 4 is 28.7 Å². The molecule has 0 saturated heterocycles. The molecule has 1 fully saturated rings. The van der Waals surface area contributed by atoms with Gasteiger partial charge in [-0.2, -0.15) is 0 Å². The average Bonchev–Trinajstić information content (AvgIpc) is 3.38. The first kappa shape index (κ1) is 18.6. The Balaban J connectivity index is 1.73. The van der Waals surface area contributed by atoms with E-state index in [1.807, 2.05) is 23.2 Å². The zero-order chi connectivity index (χ0) is 20.3. The van der Waals surface area contributed by atoms with Gasteiger partial charge in [0.05, 0.1) is 23.1 Å². The van der Waals surface area contributed by atoms with Crippen LogP contribution in [0.5, 0.6) is 0 Å². The van der Waals surface area contributed by atoms with E-state index in [0.717, 1.165) is 46.7 Å². The number of amides is 1. The molecule has 3 heterocycles. The number of hydrogen-bond donors (Lipinski definition) is 0. The zero-order valence-electron chi connectivity index (χ0n) is 16.6. The lowest BCUT2D eigenvalue weighted by atomic mass is 9.90. The number of carbonyl (C=O) groups excluding carboxylic acids is 1. The minimum atomic E-state index is -0.242. The smallest absolute Gasteiger partial charge is 0.241 e. The molecule has 3 aromatic rings. The van der Waals surface area contributed by atoms with Gasteiger partial charge in [-0.1, -0.05) is 26.0 Å². The van der Waals surface area contributed by atoms with E-state index in [1.54, 1.807) is 0 Å². The third-order valence-corrected chi connectivity index (χ3v) is 6.27. The second-order valence-electron chi connectivity index (χ2n) is 8.82. The monoisotopic (exact) mass is 411 g/mol. The molecule has 0 atom stereocenters. The van der Waals surface area contributed by atoms with E-state index < -0.39 is 0 Å². The number of halogens is 2. The number of aromatic nitrogens is 2. The van der Waals surface area contributed by atoms with E-state index in [1.165, 1.54) is 12.1 Å². The van der Waals surface area contributed by atoms with Gasteiger partial charge in [-0.15, -0.1) is 11.6 Å². The second kappa shape index (κ2) is 6.56. The summed E-state index contributed by atoms with van der Waals surface area (Å²) in [5.74, 6) is 1.20. The Kier molecular flexibility index (Phi) is 4.21. The summed E-state index contributed by atoms with van der Waals surface area (Å²) in [6.07, 6.45) is 4.91. The number of benzene rings is 1. The van der Waals surface area contributed by atoms with Gasteiger partial charge in [-0.3, -0.25) is 9.20 Å². The fourth-order valence-corrected chi connectivity index (χ4v) is 4.69. The lowest BCUT2D eigenvalue weighted by molar-refractivity contribution is -0.116. The van der Waals surface area contributed by atoms with Crippen molar-refractivity contribution in [1.82, 2.24) is 9.38 Å². The molecular formula is C23H23ClFN3O. The predicted octanol–water partition coefficient (Wildman–Crippen LogP) is 4.80. The van der Waals surface area contributed by atoms with E-state index in [4.69, 9.17) is 16.6 Å².